The van der Waals surface area contributed by atoms with Crippen LogP contribution in [0, 0.1) is 0 Å². The molecule has 3 N–H and O–H groups in total. The van der Waals surface area contributed by atoms with E-state index in [0.29, 0.717) is 13.0 Å². The number of carbonyl (C=O) groups excluding carboxylic acids is 1. The van der Waals surface area contributed by atoms with E-state index in [0.717, 1.165) is 38.5 Å². The molecule has 8 nitrogen and oxygen atoms in total. The van der Waals surface area contributed by atoms with Crippen LogP contribution in [-0.4, -0.2) is 49.9 Å². The van der Waals surface area contributed by atoms with Crippen LogP contribution in [0.3, 0.4) is 0 Å². The predicted molar refractivity (Wildman–Crippen MR) is 197 cm³/mol. The molecular formula is C38H74NO7P. The van der Waals surface area contributed by atoms with Crippen LogP contribution >= 0.6 is 7.82 Å². The molecule has 0 aliphatic heterocycles. The average molecular weight is 688 g/mol. The molecule has 0 saturated heterocycles. The van der Waals surface area contributed by atoms with Crippen LogP contribution in [0.4, 0.5) is 0 Å². The molecule has 0 saturated carbocycles. The Kier molecular flexibility index (Phi) is 35.5. The van der Waals surface area contributed by atoms with Gasteiger partial charge in [0.05, 0.1) is 19.8 Å². The third-order valence-electron chi connectivity index (χ3n) is 8.12. The van der Waals surface area contributed by atoms with Gasteiger partial charge >= 0.3 is 13.8 Å². The van der Waals surface area contributed by atoms with E-state index in [2.05, 4.69) is 38.2 Å². The standard InChI is InChI=1S/C38H74NO7P/c1-3-5-7-9-11-12-13-14-15-16-17-18-19-20-21-22-23-24-25-26-28-30-33-43-35-37(36-45-47(41,42)44-34-32-39)46-38(40)31-29-27-10-8-6-4-2/h13-14,16-17,37H,3-12,15,18-36,39H2,1-2H3,(H,41,42)/b14-13-,17-16-. The lowest BCUT2D eigenvalue weighted by molar-refractivity contribution is -0.154. The zero-order valence-corrected chi connectivity index (χ0v) is 31.4. The van der Waals surface area contributed by atoms with Gasteiger partial charge in [-0.25, -0.2) is 4.57 Å². The zero-order valence-electron chi connectivity index (χ0n) is 30.5. The van der Waals surface area contributed by atoms with Crippen molar-refractivity contribution in [2.75, 3.05) is 33.0 Å². The normalized spacial score (nSPS) is 13.9. The van der Waals surface area contributed by atoms with Crippen molar-refractivity contribution in [3.63, 3.8) is 0 Å². The van der Waals surface area contributed by atoms with Crippen molar-refractivity contribution < 1.29 is 32.8 Å². The highest BCUT2D eigenvalue weighted by Gasteiger charge is 2.25. The molecule has 9 heteroatoms. The first-order valence-corrected chi connectivity index (χ1v) is 20.8. The Morgan fingerprint density at radius 2 is 1.13 bits per heavy atom. The quantitative estimate of drug-likeness (QED) is 0.0287. The summed E-state index contributed by atoms with van der Waals surface area (Å²) >= 11 is 0. The molecule has 2 atom stereocenters. The molecule has 0 bridgehead atoms. The number of unbranched alkanes of at least 4 members (excludes halogenated alkanes) is 20. The number of hydrogen-bond donors (Lipinski definition) is 2. The van der Waals surface area contributed by atoms with Crippen molar-refractivity contribution >= 4 is 13.8 Å². The van der Waals surface area contributed by atoms with Crippen LogP contribution in [0.25, 0.3) is 0 Å². The van der Waals surface area contributed by atoms with Crippen LogP contribution < -0.4 is 5.73 Å². The first-order chi connectivity index (χ1) is 22.9. The first-order valence-electron chi connectivity index (χ1n) is 19.3. The van der Waals surface area contributed by atoms with Gasteiger partial charge in [-0.2, -0.15) is 0 Å². The largest absolute Gasteiger partial charge is 0.472 e. The molecule has 0 heterocycles. The van der Waals surface area contributed by atoms with Crippen molar-refractivity contribution in [2.45, 2.75) is 180 Å². The Morgan fingerprint density at radius 1 is 0.638 bits per heavy atom. The Bertz CT molecular complexity index is 777. The van der Waals surface area contributed by atoms with E-state index in [1.165, 1.54) is 116 Å². The highest BCUT2D eigenvalue weighted by Crippen LogP contribution is 2.43. The van der Waals surface area contributed by atoms with E-state index in [-0.39, 0.29) is 32.3 Å². The fraction of sp³-hybridized carbons (Fsp3) is 0.868. The predicted octanol–water partition coefficient (Wildman–Crippen LogP) is 10.9. The second-order valence-corrected chi connectivity index (χ2v) is 14.2. The molecule has 0 aliphatic carbocycles. The summed E-state index contributed by atoms with van der Waals surface area (Å²) < 4.78 is 33.1. The van der Waals surface area contributed by atoms with Gasteiger partial charge in [0.2, 0.25) is 0 Å². The molecule has 47 heavy (non-hydrogen) atoms. The van der Waals surface area contributed by atoms with Crippen molar-refractivity contribution in [1.29, 1.82) is 0 Å². The number of nitrogens with two attached hydrogens (primary N) is 1. The molecule has 0 aromatic carbocycles. The number of hydrogen-bond acceptors (Lipinski definition) is 7. The minimum absolute atomic E-state index is 0.0948. The SMILES string of the molecule is CCCCCCC/C=C\C/C=C\CCCCCCCCCCCCOCC(COP(=O)(O)OCCN)OC(=O)CCCCCCCC. The average Bonchev–Trinajstić information content (AvgIpc) is 3.06. The minimum Gasteiger partial charge on any atom is -0.457 e. The molecule has 2 unspecified atom stereocenters. The van der Waals surface area contributed by atoms with Crippen molar-refractivity contribution in [1.82, 2.24) is 0 Å². The second kappa shape index (κ2) is 36.3. The maximum atomic E-state index is 12.4. The van der Waals surface area contributed by atoms with E-state index in [1.807, 2.05) is 0 Å². The van der Waals surface area contributed by atoms with Gasteiger partial charge in [-0.3, -0.25) is 13.8 Å². The van der Waals surface area contributed by atoms with Gasteiger partial charge < -0.3 is 20.1 Å². The molecule has 0 spiro atoms. The van der Waals surface area contributed by atoms with E-state index in [4.69, 9.17) is 24.3 Å². The zero-order chi connectivity index (χ0) is 34.5. The van der Waals surface area contributed by atoms with Crippen molar-refractivity contribution in [3.05, 3.63) is 24.3 Å². The highest BCUT2D eigenvalue weighted by atomic mass is 31.2. The molecule has 0 aromatic rings. The first kappa shape index (κ1) is 46.0. The fourth-order valence-corrected chi connectivity index (χ4v) is 6.03. The molecule has 0 amide bonds. The minimum atomic E-state index is -4.26. The van der Waals surface area contributed by atoms with Gasteiger partial charge in [-0.15, -0.1) is 0 Å². The summed E-state index contributed by atoms with van der Waals surface area (Å²) in [6.07, 6.45) is 37.9. The Labute approximate surface area is 289 Å². The van der Waals surface area contributed by atoms with E-state index < -0.39 is 13.9 Å². The second-order valence-electron chi connectivity index (χ2n) is 12.8. The smallest absolute Gasteiger partial charge is 0.457 e. The van der Waals surface area contributed by atoms with Crippen LogP contribution in [0.15, 0.2) is 24.3 Å². The fourth-order valence-electron chi connectivity index (χ4n) is 5.26. The van der Waals surface area contributed by atoms with Gasteiger partial charge in [0.25, 0.3) is 0 Å². The molecular weight excluding hydrogens is 613 g/mol. The monoisotopic (exact) mass is 688 g/mol. The molecule has 0 fully saturated rings. The van der Waals surface area contributed by atoms with E-state index >= 15 is 0 Å². The van der Waals surface area contributed by atoms with Gasteiger partial charge in [-0.1, -0.05) is 147 Å². The Balaban J connectivity index is 3.87. The van der Waals surface area contributed by atoms with Crippen LogP contribution in [-0.2, 0) is 27.9 Å². The molecule has 0 aliphatic rings. The van der Waals surface area contributed by atoms with Crippen molar-refractivity contribution in [3.8, 4) is 0 Å². The molecule has 0 radical (unpaired) electrons. The summed E-state index contributed by atoms with van der Waals surface area (Å²) in [5.74, 6) is -0.341. The summed E-state index contributed by atoms with van der Waals surface area (Å²) in [5.41, 5.74) is 5.33. The number of allylic oxidation sites excluding steroid dienone is 4. The molecule has 278 valence electrons. The summed E-state index contributed by atoms with van der Waals surface area (Å²) in [7, 11) is -4.26. The summed E-state index contributed by atoms with van der Waals surface area (Å²) in [6.45, 7) is 4.84. The third kappa shape index (κ3) is 36.1. The summed E-state index contributed by atoms with van der Waals surface area (Å²) in [5, 5.41) is 0. The van der Waals surface area contributed by atoms with Crippen LogP contribution in [0.5, 0.6) is 0 Å². The number of rotatable bonds is 37. The number of phosphoric ester groups is 1. The lowest BCUT2D eigenvalue weighted by atomic mass is 10.1. The maximum Gasteiger partial charge on any atom is 0.472 e. The number of ether oxygens (including phenoxy) is 2. The lowest BCUT2D eigenvalue weighted by Crippen LogP contribution is -2.28. The van der Waals surface area contributed by atoms with Gasteiger partial charge in [0.1, 0.15) is 6.10 Å². The summed E-state index contributed by atoms with van der Waals surface area (Å²) in [6, 6.07) is 0. The summed E-state index contributed by atoms with van der Waals surface area (Å²) in [4.78, 5) is 22.2. The van der Waals surface area contributed by atoms with Crippen LogP contribution in [0.1, 0.15) is 174 Å². The lowest BCUT2D eigenvalue weighted by Gasteiger charge is -2.20. The van der Waals surface area contributed by atoms with Crippen LogP contribution in [0.2, 0.25) is 0 Å². The van der Waals surface area contributed by atoms with Crippen molar-refractivity contribution in [2.24, 2.45) is 5.73 Å². The third-order valence-corrected chi connectivity index (χ3v) is 9.11. The van der Waals surface area contributed by atoms with Gasteiger partial charge in [0.15, 0.2) is 0 Å². The van der Waals surface area contributed by atoms with Gasteiger partial charge in [0, 0.05) is 19.6 Å². The Hall–Kier alpha value is -1.02. The van der Waals surface area contributed by atoms with Gasteiger partial charge in [-0.05, 0) is 44.9 Å². The topological polar surface area (TPSA) is 117 Å². The molecule has 0 rings (SSSR count). The number of phosphoric acid groups is 1. The van der Waals surface area contributed by atoms with E-state index in [9.17, 15) is 14.3 Å². The number of carbonyl (C=O) groups is 1. The number of esters is 1. The van der Waals surface area contributed by atoms with E-state index in [1.54, 1.807) is 0 Å². The maximum absolute atomic E-state index is 12.4. The molecule has 0 aromatic heterocycles. The highest BCUT2D eigenvalue weighted by molar-refractivity contribution is 7.47. The Morgan fingerprint density at radius 3 is 1.66 bits per heavy atom.